The van der Waals surface area contributed by atoms with Gasteiger partial charge in [-0.1, -0.05) is 23.7 Å². The average Bonchev–Trinajstić information content (AvgIpc) is 2.89. The number of nitrogens with one attached hydrogen (secondary N) is 1. The number of nitrogens with two attached hydrogens (primary N) is 1. The number of phenols is 2. The first-order valence-electron chi connectivity index (χ1n) is 6.83. The zero-order chi connectivity index (χ0) is 16.1. The molecular weight excluding hydrogens is 318 g/mol. The van der Waals surface area contributed by atoms with Gasteiger partial charge in [0.1, 0.15) is 0 Å². The molecule has 0 aliphatic carbocycles. The van der Waals surface area contributed by atoms with E-state index in [1.54, 1.807) is 6.07 Å². The Labute approximate surface area is 135 Å². The predicted octanol–water partition coefficient (Wildman–Crippen LogP) is 2.39. The lowest BCUT2D eigenvalue weighted by Crippen LogP contribution is -2.31. The lowest BCUT2D eigenvalue weighted by molar-refractivity contribution is 0.402. The Balaban J connectivity index is 1.97. The maximum atomic E-state index is 9.83. The molecule has 0 unspecified atom stereocenters. The van der Waals surface area contributed by atoms with E-state index in [1.165, 1.54) is 6.07 Å². The van der Waals surface area contributed by atoms with Crippen molar-refractivity contribution < 1.29 is 10.2 Å². The summed E-state index contributed by atoms with van der Waals surface area (Å²) in [6.07, 6.45) is -0.553. The van der Waals surface area contributed by atoms with E-state index in [0.29, 0.717) is 11.5 Å². The number of anilines is 1. The van der Waals surface area contributed by atoms with Crippen LogP contribution in [0.25, 0.3) is 11.0 Å². The summed E-state index contributed by atoms with van der Waals surface area (Å²) in [5.41, 5.74) is 8.08. The van der Waals surface area contributed by atoms with Crippen LogP contribution in [0.2, 0.25) is 5.02 Å². The number of halogens is 1. The van der Waals surface area contributed by atoms with Gasteiger partial charge >= 0.3 is 0 Å². The second-order valence-electron chi connectivity index (χ2n) is 5.18. The molecule has 0 saturated carbocycles. The number of benzene rings is 2. The molecule has 0 amide bonds. The van der Waals surface area contributed by atoms with Crippen LogP contribution in [0.1, 0.15) is 11.7 Å². The minimum atomic E-state index is -0.553. The molecule has 2 heterocycles. The molecule has 1 aromatic heterocycles. The van der Waals surface area contributed by atoms with Gasteiger partial charge in [0.25, 0.3) is 0 Å². The quantitative estimate of drug-likeness (QED) is 0.513. The smallest absolute Gasteiger partial charge is 0.212 e. The van der Waals surface area contributed by atoms with Crippen LogP contribution in [0, 0.1) is 0 Å². The predicted molar refractivity (Wildman–Crippen MR) is 87.9 cm³/mol. The first-order chi connectivity index (χ1) is 11.0. The molecule has 7 nitrogen and oxygen atoms in total. The monoisotopic (exact) mass is 329 g/mol. The van der Waals surface area contributed by atoms with Crippen LogP contribution in [0.4, 0.5) is 5.95 Å². The van der Waals surface area contributed by atoms with Crippen LogP contribution >= 0.6 is 11.6 Å². The van der Waals surface area contributed by atoms with Gasteiger partial charge in [-0.3, -0.25) is 9.88 Å². The van der Waals surface area contributed by atoms with Gasteiger partial charge in [-0.2, -0.15) is 0 Å². The summed E-state index contributed by atoms with van der Waals surface area (Å²) in [4.78, 5) is 8.87. The molecule has 1 aliphatic rings. The van der Waals surface area contributed by atoms with Crippen molar-refractivity contribution in [3.05, 3.63) is 47.0 Å². The molecule has 116 valence electrons. The lowest BCUT2D eigenvalue weighted by Gasteiger charge is -2.24. The zero-order valence-corrected chi connectivity index (χ0v) is 12.5. The second kappa shape index (κ2) is 4.79. The van der Waals surface area contributed by atoms with Crippen LogP contribution in [0.5, 0.6) is 11.5 Å². The van der Waals surface area contributed by atoms with Gasteiger partial charge in [-0.25, -0.2) is 9.98 Å². The van der Waals surface area contributed by atoms with E-state index in [4.69, 9.17) is 17.3 Å². The van der Waals surface area contributed by atoms with E-state index in [-0.39, 0.29) is 22.5 Å². The molecule has 0 radical (unpaired) electrons. The topological polar surface area (TPSA) is 109 Å². The molecule has 2 aromatic carbocycles. The Morgan fingerprint density at radius 1 is 1.22 bits per heavy atom. The molecule has 5 N–H and O–H groups in total. The Morgan fingerprint density at radius 3 is 2.78 bits per heavy atom. The lowest BCUT2D eigenvalue weighted by atomic mass is 10.1. The van der Waals surface area contributed by atoms with Gasteiger partial charge in [0, 0.05) is 5.56 Å². The minimum Gasteiger partial charge on any atom is -0.504 e. The highest BCUT2D eigenvalue weighted by Crippen LogP contribution is 2.39. The van der Waals surface area contributed by atoms with Crippen molar-refractivity contribution in [3.8, 4) is 11.5 Å². The summed E-state index contributed by atoms with van der Waals surface area (Å²) in [5, 5.41) is 22.4. The number of imidazole rings is 1. The van der Waals surface area contributed by atoms with Crippen molar-refractivity contribution in [3.63, 3.8) is 0 Å². The summed E-state index contributed by atoms with van der Waals surface area (Å²) in [5.74, 6) is 0.0803. The number of guanidine groups is 1. The van der Waals surface area contributed by atoms with Crippen LogP contribution < -0.4 is 11.1 Å². The third-order valence-electron chi connectivity index (χ3n) is 3.71. The fourth-order valence-corrected chi connectivity index (χ4v) is 2.92. The van der Waals surface area contributed by atoms with E-state index in [0.717, 1.165) is 11.0 Å². The highest BCUT2D eigenvalue weighted by molar-refractivity contribution is 6.32. The average molecular weight is 330 g/mol. The zero-order valence-electron chi connectivity index (χ0n) is 11.7. The summed E-state index contributed by atoms with van der Waals surface area (Å²) in [6, 6.07) is 10.5. The third-order valence-corrected chi connectivity index (χ3v) is 3.99. The van der Waals surface area contributed by atoms with Crippen molar-refractivity contribution >= 4 is 34.5 Å². The minimum absolute atomic E-state index is 0.0401. The molecule has 0 fully saturated rings. The van der Waals surface area contributed by atoms with Crippen molar-refractivity contribution in [1.29, 1.82) is 0 Å². The van der Waals surface area contributed by atoms with Crippen molar-refractivity contribution in [1.82, 2.24) is 9.55 Å². The number of aromatic hydroxyl groups is 2. The first-order valence-corrected chi connectivity index (χ1v) is 7.21. The molecule has 0 saturated heterocycles. The second-order valence-corrected chi connectivity index (χ2v) is 5.58. The molecule has 3 aromatic rings. The van der Waals surface area contributed by atoms with Gasteiger partial charge in [0.05, 0.1) is 16.1 Å². The summed E-state index contributed by atoms with van der Waals surface area (Å²) >= 11 is 5.96. The number of hydrogen-bond acceptors (Lipinski definition) is 6. The molecule has 0 bridgehead atoms. The van der Waals surface area contributed by atoms with E-state index < -0.39 is 6.17 Å². The van der Waals surface area contributed by atoms with Crippen LogP contribution in [0.15, 0.2) is 41.4 Å². The van der Waals surface area contributed by atoms with E-state index in [2.05, 4.69) is 15.3 Å². The fraction of sp³-hybridized carbons (Fsp3) is 0.0667. The van der Waals surface area contributed by atoms with Gasteiger partial charge in [0.2, 0.25) is 5.95 Å². The molecule has 0 spiro atoms. The molecular formula is C15H12ClN5O2. The van der Waals surface area contributed by atoms with Crippen molar-refractivity contribution in [2.45, 2.75) is 6.17 Å². The molecule has 8 heteroatoms. The number of phenolic OH excluding ortho intramolecular Hbond substituents is 2. The number of rotatable bonds is 1. The summed E-state index contributed by atoms with van der Waals surface area (Å²) in [6.45, 7) is 0. The molecule has 4 rings (SSSR count). The Hall–Kier alpha value is -2.93. The Morgan fingerprint density at radius 2 is 2.00 bits per heavy atom. The van der Waals surface area contributed by atoms with Gasteiger partial charge in [0.15, 0.2) is 23.6 Å². The number of hydrogen-bond donors (Lipinski definition) is 4. The van der Waals surface area contributed by atoms with E-state index in [1.807, 2.05) is 28.8 Å². The number of nitrogens with zero attached hydrogens (tertiary/aromatic N) is 3. The normalized spacial score (nSPS) is 16.7. The standard InChI is InChI=1S/C15H12ClN5O2/c16-8-5-7(6-11(22)12(8)23)13-19-14(17)20-15-18-9-3-1-2-4-10(9)21(13)15/h1-6,13,22-23H,(H3,17,18,19,20)/t13-/m0/s1. The third kappa shape index (κ3) is 2.05. The van der Waals surface area contributed by atoms with Gasteiger partial charge < -0.3 is 15.9 Å². The molecule has 23 heavy (non-hydrogen) atoms. The highest BCUT2D eigenvalue weighted by atomic mass is 35.5. The maximum absolute atomic E-state index is 9.83. The summed E-state index contributed by atoms with van der Waals surface area (Å²) in [7, 11) is 0. The van der Waals surface area contributed by atoms with Crippen LogP contribution in [0.3, 0.4) is 0 Å². The molecule has 1 atom stereocenters. The number of aromatic nitrogens is 2. The van der Waals surface area contributed by atoms with Crippen molar-refractivity contribution in [2.24, 2.45) is 10.7 Å². The summed E-state index contributed by atoms with van der Waals surface area (Å²) < 4.78 is 1.86. The largest absolute Gasteiger partial charge is 0.504 e. The Bertz CT molecular complexity index is 943. The fourth-order valence-electron chi connectivity index (χ4n) is 2.69. The maximum Gasteiger partial charge on any atom is 0.212 e. The van der Waals surface area contributed by atoms with Crippen LogP contribution in [-0.4, -0.2) is 25.7 Å². The van der Waals surface area contributed by atoms with Crippen LogP contribution in [-0.2, 0) is 0 Å². The Kier molecular flexibility index (Phi) is 2.85. The van der Waals surface area contributed by atoms with Gasteiger partial charge in [-0.15, -0.1) is 0 Å². The number of aliphatic imine (C=N–C) groups is 1. The number of para-hydroxylation sites is 2. The first kappa shape index (κ1) is 13.7. The number of fused-ring (bicyclic) bond motifs is 3. The SMILES string of the molecule is NC1=N[C@H](c2cc(O)c(O)c(Cl)c2)n2c(nc3ccccc32)N1. The van der Waals surface area contributed by atoms with E-state index in [9.17, 15) is 10.2 Å². The van der Waals surface area contributed by atoms with Crippen molar-refractivity contribution in [2.75, 3.05) is 5.32 Å². The molecule has 1 aliphatic heterocycles. The van der Waals surface area contributed by atoms with Gasteiger partial charge in [-0.05, 0) is 24.3 Å². The highest BCUT2D eigenvalue weighted by Gasteiger charge is 2.26. The van der Waals surface area contributed by atoms with E-state index >= 15 is 0 Å².